The quantitative estimate of drug-likeness (QED) is 0.246. The maximum absolute atomic E-state index is 16.3. The molecule has 9 rings (SSSR count). The number of carboxylic acid groups (broad SMARTS) is 1. The van der Waals surface area contributed by atoms with Crippen molar-refractivity contribution in [1.82, 2.24) is 19.4 Å². The van der Waals surface area contributed by atoms with Gasteiger partial charge in [0.1, 0.15) is 11.9 Å². The Morgan fingerprint density at radius 3 is 1.95 bits per heavy atom. The van der Waals surface area contributed by atoms with Gasteiger partial charge in [0.2, 0.25) is 5.91 Å². The molecule has 0 bridgehead atoms. The molecule has 0 unspecified atom stereocenters. The van der Waals surface area contributed by atoms with E-state index < -0.39 is 17.3 Å². The number of hydrogen-bond acceptors (Lipinski definition) is 6. The average molecular weight is 899 g/mol. The second-order valence-electron chi connectivity index (χ2n) is 28.0. The topological polar surface area (TPSA) is 105 Å². The van der Waals surface area contributed by atoms with Crippen LogP contribution in [0.2, 0.25) is 0 Å². The molecule has 65 heavy (non-hydrogen) atoms. The molecular formula is C56H90N4O5. The molecule has 1 aromatic rings. The second kappa shape index (κ2) is 14.8. The molecule has 13 atom stereocenters. The number of likely N-dealkylation sites (tertiary alicyclic amines) is 1. The van der Waals surface area contributed by atoms with Gasteiger partial charge in [0, 0.05) is 36.7 Å². The van der Waals surface area contributed by atoms with Crippen molar-refractivity contribution in [3.05, 3.63) is 17.7 Å². The Bertz CT molecular complexity index is 2090. The van der Waals surface area contributed by atoms with E-state index in [1.165, 1.54) is 32.1 Å². The zero-order chi connectivity index (χ0) is 47.5. The number of imidazole rings is 1. The SMILES string of the molecule is CN(C)CCn1cc(C(C)(C)C)nc1[C@@H]1CCCN1C(=O)[C@]12CC[C@@H](C3(C)CC3)[C@]1(C)[C@H]1CC[C@@]3(C)[C@@](C)(CC[C@H]4C(C)(C)[C@@H](OC(=O)[C@H]5C[C@@H](C(=O)O)C5(C)C)CC[C@@]43C)[C@]1(C)CC2. The summed E-state index contributed by atoms with van der Waals surface area (Å²) in [6, 6.07) is 0.0188. The molecule has 1 saturated heterocycles. The number of aliphatic carboxylic acids is 1. The highest BCUT2D eigenvalue weighted by molar-refractivity contribution is 5.85. The number of fused-ring (bicyclic) bond motifs is 7. The van der Waals surface area contributed by atoms with E-state index in [1.54, 1.807) is 0 Å². The fraction of sp³-hybridized carbons (Fsp3) is 0.893. The summed E-state index contributed by atoms with van der Waals surface area (Å²) in [4.78, 5) is 52.1. The first-order valence-electron chi connectivity index (χ1n) is 26.5. The summed E-state index contributed by atoms with van der Waals surface area (Å²) < 4.78 is 8.96. The zero-order valence-electron chi connectivity index (χ0n) is 43.7. The van der Waals surface area contributed by atoms with Crippen LogP contribution in [0.25, 0.3) is 0 Å². The Kier molecular flexibility index (Phi) is 10.8. The van der Waals surface area contributed by atoms with Gasteiger partial charge >= 0.3 is 11.9 Å². The third kappa shape index (κ3) is 6.28. The lowest BCUT2D eigenvalue weighted by Crippen LogP contribution is -2.73. The van der Waals surface area contributed by atoms with Crippen LogP contribution >= 0.6 is 0 Å². The van der Waals surface area contributed by atoms with E-state index in [0.717, 1.165) is 88.9 Å². The summed E-state index contributed by atoms with van der Waals surface area (Å²) in [5.74, 6) is 1.11. The van der Waals surface area contributed by atoms with Crippen LogP contribution in [0.15, 0.2) is 6.20 Å². The van der Waals surface area contributed by atoms with Gasteiger partial charge in [-0.25, -0.2) is 4.98 Å². The molecule has 1 amide bonds. The summed E-state index contributed by atoms with van der Waals surface area (Å²) in [5.41, 5.74) is 0.432. The van der Waals surface area contributed by atoms with Crippen molar-refractivity contribution in [1.29, 1.82) is 0 Å². The van der Waals surface area contributed by atoms with Gasteiger partial charge < -0.3 is 24.2 Å². The summed E-state index contributed by atoms with van der Waals surface area (Å²) in [7, 11) is 4.29. The van der Waals surface area contributed by atoms with E-state index in [-0.39, 0.29) is 67.4 Å². The number of hydrogen-bond donors (Lipinski definition) is 1. The molecule has 0 aromatic carbocycles. The standard InChI is InChI=1S/C56H90N4O5/c1-47(2,3)41-34-59(32-31-58(14)15)43(57-41)37-17-16-30-60(37)46(64)56-25-20-39(50(8)26-27-50)55(56,13)40-19-24-53(11)51(9)22-21-42(65-45(63)36-33-35(44(61)62)48(36,4)5)49(6,7)38(51)18-23-54(53,12)52(40,10)28-29-56/h34-40,42H,16-33H2,1-15H3,(H,61,62)/t35-,36+,37-,38-,39-,40-,42-,51-,52+,53+,54-,55+,56+/m0/s1. The van der Waals surface area contributed by atoms with Crippen molar-refractivity contribution in [2.24, 2.45) is 78.3 Å². The molecule has 364 valence electrons. The maximum atomic E-state index is 16.3. The van der Waals surface area contributed by atoms with Crippen molar-refractivity contribution in [3.63, 3.8) is 0 Å². The second-order valence-corrected chi connectivity index (χ2v) is 28.0. The minimum atomic E-state index is -0.811. The Morgan fingerprint density at radius 1 is 0.754 bits per heavy atom. The van der Waals surface area contributed by atoms with Gasteiger partial charge in [-0.3, -0.25) is 14.4 Å². The van der Waals surface area contributed by atoms with Crippen LogP contribution in [0.4, 0.5) is 0 Å². The third-order valence-corrected chi connectivity index (χ3v) is 23.8. The molecule has 7 saturated carbocycles. The van der Waals surface area contributed by atoms with E-state index in [4.69, 9.17) is 9.72 Å². The van der Waals surface area contributed by atoms with Gasteiger partial charge in [-0.2, -0.15) is 0 Å². The van der Waals surface area contributed by atoms with Crippen molar-refractivity contribution < 1.29 is 24.2 Å². The van der Waals surface area contributed by atoms with Crippen LogP contribution in [-0.4, -0.2) is 75.6 Å². The number of esters is 1. The molecule has 2 heterocycles. The molecule has 1 N–H and O–H groups in total. The van der Waals surface area contributed by atoms with E-state index in [2.05, 4.69) is 111 Å². The summed E-state index contributed by atoms with van der Waals surface area (Å²) >= 11 is 0. The number of rotatable bonds is 9. The molecule has 0 radical (unpaired) electrons. The number of likely N-dealkylation sites (N-methyl/N-ethyl adjacent to an activating group) is 1. The summed E-state index contributed by atoms with van der Waals surface area (Å²) in [6.45, 7) is 34.0. The van der Waals surface area contributed by atoms with Gasteiger partial charge in [-0.05, 0) is 166 Å². The molecule has 9 nitrogen and oxygen atoms in total. The fourth-order valence-electron chi connectivity index (χ4n) is 18.8. The largest absolute Gasteiger partial charge is 0.481 e. The molecular weight excluding hydrogens is 809 g/mol. The van der Waals surface area contributed by atoms with Crippen molar-refractivity contribution in [3.8, 4) is 0 Å². The number of carbonyl (C=O) groups excluding carboxylic acids is 2. The number of nitrogens with zero attached hydrogens (tertiary/aromatic N) is 4. The number of ether oxygens (including phenoxy) is 1. The first-order valence-corrected chi connectivity index (χ1v) is 26.5. The van der Waals surface area contributed by atoms with Crippen LogP contribution in [-0.2, 0) is 31.1 Å². The molecule has 7 aliphatic carbocycles. The number of carboxylic acids is 1. The van der Waals surface area contributed by atoms with Crippen LogP contribution in [0.1, 0.15) is 204 Å². The number of aromatic nitrogens is 2. The Morgan fingerprint density at radius 2 is 1.37 bits per heavy atom. The van der Waals surface area contributed by atoms with Crippen molar-refractivity contribution in [2.45, 2.75) is 210 Å². The molecule has 8 aliphatic rings. The maximum Gasteiger partial charge on any atom is 0.309 e. The van der Waals surface area contributed by atoms with Crippen LogP contribution in [0, 0.1) is 78.3 Å². The van der Waals surface area contributed by atoms with E-state index in [0.29, 0.717) is 35.5 Å². The molecule has 1 aromatic heterocycles. The first-order chi connectivity index (χ1) is 30.0. The zero-order valence-corrected chi connectivity index (χ0v) is 43.7. The molecule has 1 aliphatic heterocycles. The summed E-state index contributed by atoms with van der Waals surface area (Å²) in [6.07, 6.45) is 17.9. The Labute approximate surface area is 393 Å². The highest BCUT2D eigenvalue weighted by Gasteiger charge is 2.80. The minimum absolute atomic E-state index is 0.0188. The van der Waals surface area contributed by atoms with Gasteiger partial charge in [-0.1, -0.05) is 90.0 Å². The van der Waals surface area contributed by atoms with Gasteiger partial charge in [0.25, 0.3) is 0 Å². The fourth-order valence-corrected chi connectivity index (χ4v) is 18.8. The van der Waals surface area contributed by atoms with E-state index in [1.807, 2.05) is 13.8 Å². The smallest absolute Gasteiger partial charge is 0.309 e. The van der Waals surface area contributed by atoms with E-state index >= 15 is 4.79 Å². The third-order valence-electron chi connectivity index (χ3n) is 23.8. The van der Waals surface area contributed by atoms with Gasteiger partial charge in [-0.15, -0.1) is 0 Å². The predicted molar refractivity (Wildman–Crippen MR) is 257 cm³/mol. The lowest BCUT2D eigenvalue weighted by molar-refractivity contribution is -0.305. The van der Waals surface area contributed by atoms with Crippen molar-refractivity contribution >= 4 is 17.8 Å². The van der Waals surface area contributed by atoms with Crippen LogP contribution in [0.3, 0.4) is 0 Å². The normalized spacial score (nSPS) is 44.6. The minimum Gasteiger partial charge on any atom is -0.481 e. The Balaban J connectivity index is 1.03. The monoisotopic (exact) mass is 899 g/mol. The highest BCUT2D eigenvalue weighted by atomic mass is 16.5. The number of amides is 1. The van der Waals surface area contributed by atoms with Crippen LogP contribution in [0.5, 0.6) is 0 Å². The summed E-state index contributed by atoms with van der Waals surface area (Å²) in [5, 5.41) is 9.79. The van der Waals surface area contributed by atoms with E-state index in [9.17, 15) is 14.7 Å². The van der Waals surface area contributed by atoms with Crippen LogP contribution < -0.4 is 0 Å². The molecule has 8 fully saturated rings. The Hall–Kier alpha value is -2.42. The van der Waals surface area contributed by atoms with Gasteiger partial charge in [0.15, 0.2) is 0 Å². The average Bonchev–Trinajstić information content (AvgIpc) is 3.51. The highest BCUT2D eigenvalue weighted by Crippen LogP contribution is 2.85. The number of carbonyl (C=O) groups is 3. The molecule has 9 heteroatoms. The first kappa shape index (κ1) is 47.6. The lowest BCUT2D eigenvalue weighted by Gasteiger charge is -2.78. The predicted octanol–water partition coefficient (Wildman–Crippen LogP) is 11.7. The lowest BCUT2D eigenvalue weighted by atomic mass is 9.26. The van der Waals surface area contributed by atoms with Gasteiger partial charge in [0.05, 0.1) is 29.0 Å². The van der Waals surface area contributed by atoms with Crippen molar-refractivity contribution in [2.75, 3.05) is 27.2 Å². The molecule has 0 spiro atoms.